The lowest BCUT2D eigenvalue weighted by molar-refractivity contribution is 0.0893. The summed E-state index contributed by atoms with van der Waals surface area (Å²) in [6, 6.07) is 5.48. The maximum atomic E-state index is 10.8. The Labute approximate surface area is 119 Å². The lowest BCUT2D eigenvalue weighted by Gasteiger charge is -2.30. The van der Waals surface area contributed by atoms with Crippen molar-refractivity contribution in [3.63, 3.8) is 0 Å². The number of likely N-dealkylation sites (tertiary alicyclic amines) is 1. The van der Waals surface area contributed by atoms with Gasteiger partial charge in [0.15, 0.2) is 0 Å². The topological polar surface area (TPSA) is 70.0 Å². The van der Waals surface area contributed by atoms with E-state index in [1.165, 1.54) is 4.90 Å². The van der Waals surface area contributed by atoms with Crippen molar-refractivity contribution in [3.8, 4) is 5.75 Å². The van der Waals surface area contributed by atoms with Crippen LogP contribution in [0.5, 0.6) is 5.75 Å². The van der Waals surface area contributed by atoms with Crippen LogP contribution in [0.25, 0.3) is 0 Å². The van der Waals surface area contributed by atoms with Gasteiger partial charge in [-0.05, 0) is 23.8 Å². The van der Waals surface area contributed by atoms with E-state index in [-0.39, 0.29) is 12.7 Å². The van der Waals surface area contributed by atoms with E-state index in [1.807, 2.05) is 12.1 Å². The summed E-state index contributed by atoms with van der Waals surface area (Å²) >= 11 is 3.37. The molecule has 0 spiro atoms. The predicted octanol–water partition coefficient (Wildman–Crippen LogP) is 2.46. The number of amides is 1. The monoisotopic (exact) mass is 329 g/mol. The Morgan fingerprint density at radius 3 is 2.63 bits per heavy atom. The molecule has 0 aliphatic carbocycles. The highest BCUT2D eigenvalue weighted by Gasteiger charge is 2.23. The van der Waals surface area contributed by atoms with E-state index in [9.17, 15) is 4.79 Å². The van der Waals surface area contributed by atoms with Gasteiger partial charge in [-0.2, -0.15) is 0 Å². The van der Waals surface area contributed by atoms with Crippen molar-refractivity contribution < 1.29 is 19.7 Å². The van der Waals surface area contributed by atoms with E-state index >= 15 is 0 Å². The highest BCUT2D eigenvalue weighted by Crippen LogP contribution is 2.25. The Hall–Kier alpha value is -1.27. The van der Waals surface area contributed by atoms with Gasteiger partial charge in [0.25, 0.3) is 0 Å². The number of carbonyl (C=O) groups is 1. The van der Waals surface area contributed by atoms with E-state index < -0.39 is 6.09 Å². The number of aliphatic hydroxyl groups is 1. The van der Waals surface area contributed by atoms with Crippen molar-refractivity contribution in [1.29, 1.82) is 0 Å². The number of aliphatic hydroxyl groups excluding tert-OH is 1. The molecular formula is C13H16BrNO4. The highest BCUT2D eigenvalue weighted by atomic mass is 79.9. The fourth-order valence-electron chi connectivity index (χ4n) is 2.14. The second-order valence-corrected chi connectivity index (χ2v) is 5.46. The third-order valence-electron chi connectivity index (χ3n) is 3.13. The molecule has 6 heteroatoms. The van der Waals surface area contributed by atoms with Gasteiger partial charge in [-0.15, -0.1) is 0 Å². The quantitative estimate of drug-likeness (QED) is 0.893. The summed E-state index contributed by atoms with van der Waals surface area (Å²) < 4.78 is 6.70. The molecule has 1 aliphatic rings. The standard InChI is InChI=1S/C13H16BrNO4/c14-10-5-9(8-16)6-12(7-10)19-11-1-3-15(4-2-11)13(17)18/h5-7,11,16H,1-4,8H2,(H,17,18). The average Bonchev–Trinajstić information content (AvgIpc) is 2.38. The van der Waals surface area contributed by atoms with Crippen molar-refractivity contribution in [2.75, 3.05) is 13.1 Å². The minimum atomic E-state index is -0.872. The van der Waals surface area contributed by atoms with Crippen LogP contribution in [0.4, 0.5) is 4.79 Å². The van der Waals surface area contributed by atoms with Crippen LogP contribution >= 0.6 is 15.9 Å². The zero-order valence-electron chi connectivity index (χ0n) is 10.4. The summed E-state index contributed by atoms with van der Waals surface area (Å²) in [5, 5.41) is 18.0. The molecule has 1 heterocycles. The third kappa shape index (κ3) is 3.84. The molecule has 0 atom stereocenters. The second-order valence-electron chi connectivity index (χ2n) is 4.54. The van der Waals surface area contributed by atoms with Gasteiger partial charge in [0, 0.05) is 30.4 Å². The van der Waals surface area contributed by atoms with Crippen LogP contribution in [0.3, 0.4) is 0 Å². The number of carboxylic acid groups (broad SMARTS) is 1. The van der Waals surface area contributed by atoms with Gasteiger partial charge < -0.3 is 19.8 Å². The first-order chi connectivity index (χ1) is 9.08. The van der Waals surface area contributed by atoms with E-state index in [0.717, 1.165) is 10.0 Å². The van der Waals surface area contributed by atoms with Crippen LogP contribution in [0.2, 0.25) is 0 Å². The van der Waals surface area contributed by atoms with E-state index in [4.69, 9.17) is 14.9 Å². The number of rotatable bonds is 3. The lowest BCUT2D eigenvalue weighted by Crippen LogP contribution is -2.41. The zero-order chi connectivity index (χ0) is 13.8. The van der Waals surface area contributed by atoms with E-state index in [1.54, 1.807) is 6.07 Å². The molecule has 1 aliphatic heterocycles. The minimum absolute atomic E-state index is 0.0245. The van der Waals surface area contributed by atoms with Gasteiger partial charge in [-0.3, -0.25) is 0 Å². The molecule has 19 heavy (non-hydrogen) atoms. The van der Waals surface area contributed by atoms with Gasteiger partial charge in [0.05, 0.1) is 6.61 Å². The maximum Gasteiger partial charge on any atom is 0.407 e. The Morgan fingerprint density at radius 2 is 2.05 bits per heavy atom. The number of benzene rings is 1. The molecule has 1 aromatic rings. The lowest BCUT2D eigenvalue weighted by atomic mass is 10.1. The van der Waals surface area contributed by atoms with Crippen LogP contribution in [-0.4, -0.2) is 40.4 Å². The first-order valence-corrected chi connectivity index (χ1v) is 6.92. The average molecular weight is 330 g/mol. The highest BCUT2D eigenvalue weighted by molar-refractivity contribution is 9.10. The SMILES string of the molecule is O=C(O)N1CCC(Oc2cc(Br)cc(CO)c2)CC1. The van der Waals surface area contributed by atoms with Crippen LogP contribution < -0.4 is 4.74 Å². The Kier molecular flexibility index (Phi) is 4.66. The largest absolute Gasteiger partial charge is 0.490 e. The summed E-state index contributed by atoms with van der Waals surface area (Å²) in [6.07, 6.45) is 0.528. The molecule has 104 valence electrons. The molecule has 2 rings (SSSR count). The van der Waals surface area contributed by atoms with Gasteiger partial charge in [-0.1, -0.05) is 15.9 Å². The van der Waals surface area contributed by atoms with Crippen molar-refractivity contribution in [2.24, 2.45) is 0 Å². The molecule has 1 saturated heterocycles. The molecule has 2 N–H and O–H groups in total. The van der Waals surface area contributed by atoms with E-state index in [0.29, 0.717) is 31.7 Å². The molecule has 0 radical (unpaired) electrons. The number of hydrogen-bond acceptors (Lipinski definition) is 3. The van der Waals surface area contributed by atoms with Crippen molar-refractivity contribution in [2.45, 2.75) is 25.6 Å². The van der Waals surface area contributed by atoms with Gasteiger partial charge >= 0.3 is 6.09 Å². The molecule has 1 fully saturated rings. The third-order valence-corrected chi connectivity index (χ3v) is 3.59. The first kappa shape index (κ1) is 14.1. The first-order valence-electron chi connectivity index (χ1n) is 6.13. The predicted molar refractivity (Wildman–Crippen MR) is 73.3 cm³/mol. The smallest absolute Gasteiger partial charge is 0.407 e. The summed E-state index contributed by atoms with van der Waals surface area (Å²) in [7, 11) is 0. The molecule has 0 unspecified atom stereocenters. The summed E-state index contributed by atoms with van der Waals surface area (Å²) in [4.78, 5) is 12.2. The second kappa shape index (κ2) is 6.25. The molecule has 0 bridgehead atoms. The van der Waals surface area contributed by atoms with Crippen molar-refractivity contribution >= 4 is 22.0 Å². The summed E-state index contributed by atoms with van der Waals surface area (Å²) in [5.41, 5.74) is 0.785. The number of halogens is 1. The van der Waals surface area contributed by atoms with Crippen LogP contribution in [-0.2, 0) is 6.61 Å². The van der Waals surface area contributed by atoms with Crippen LogP contribution in [0.15, 0.2) is 22.7 Å². The molecule has 5 nitrogen and oxygen atoms in total. The molecule has 0 aromatic heterocycles. The maximum absolute atomic E-state index is 10.8. The fourth-order valence-corrected chi connectivity index (χ4v) is 2.66. The molecular weight excluding hydrogens is 314 g/mol. The molecule has 0 saturated carbocycles. The fraction of sp³-hybridized carbons (Fsp3) is 0.462. The van der Waals surface area contributed by atoms with Crippen molar-refractivity contribution in [1.82, 2.24) is 4.90 Å². The van der Waals surface area contributed by atoms with Gasteiger partial charge in [0.1, 0.15) is 11.9 Å². The minimum Gasteiger partial charge on any atom is -0.490 e. The molecule has 1 amide bonds. The van der Waals surface area contributed by atoms with Crippen LogP contribution in [0, 0.1) is 0 Å². The summed E-state index contributed by atoms with van der Waals surface area (Å²) in [6.45, 7) is 0.967. The van der Waals surface area contributed by atoms with Crippen LogP contribution in [0.1, 0.15) is 18.4 Å². The Bertz CT molecular complexity index is 458. The Morgan fingerprint density at radius 1 is 1.37 bits per heavy atom. The number of piperidine rings is 1. The van der Waals surface area contributed by atoms with Gasteiger partial charge in [0.2, 0.25) is 0 Å². The molecule has 1 aromatic carbocycles. The van der Waals surface area contributed by atoms with E-state index in [2.05, 4.69) is 15.9 Å². The normalized spacial score (nSPS) is 16.4. The number of nitrogens with zero attached hydrogens (tertiary/aromatic N) is 1. The Balaban J connectivity index is 1.95. The zero-order valence-corrected chi connectivity index (χ0v) is 12.0. The van der Waals surface area contributed by atoms with Crippen molar-refractivity contribution in [3.05, 3.63) is 28.2 Å². The summed E-state index contributed by atoms with van der Waals surface area (Å²) in [5.74, 6) is 0.701. The number of ether oxygens (including phenoxy) is 1. The van der Waals surface area contributed by atoms with Gasteiger partial charge in [-0.25, -0.2) is 4.79 Å². The number of hydrogen-bond donors (Lipinski definition) is 2.